The molecule has 0 aromatic heterocycles. The van der Waals surface area contributed by atoms with Crippen LogP contribution in [0, 0.1) is 5.92 Å². The standard InChI is InChI=1S/C8H15BO4P/c1-5-7(13-14(3)10)6(4-11-2)12-8(5)9/h5-8H,4H2,1-3H3/q+1. The molecule has 1 aliphatic heterocycles. The van der Waals surface area contributed by atoms with E-state index in [9.17, 15) is 4.57 Å². The Hall–Kier alpha value is 0.0449. The molecule has 0 saturated carbocycles. The van der Waals surface area contributed by atoms with Crippen molar-refractivity contribution in [3.63, 3.8) is 0 Å². The van der Waals surface area contributed by atoms with Crippen molar-refractivity contribution in [1.29, 1.82) is 0 Å². The van der Waals surface area contributed by atoms with Crippen LogP contribution in [0.15, 0.2) is 0 Å². The summed E-state index contributed by atoms with van der Waals surface area (Å²) in [7, 11) is 5.66. The van der Waals surface area contributed by atoms with E-state index in [4.69, 9.17) is 21.8 Å². The van der Waals surface area contributed by atoms with Crippen LogP contribution in [0.1, 0.15) is 6.92 Å². The van der Waals surface area contributed by atoms with E-state index in [1.54, 1.807) is 7.11 Å². The third-order valence-corrected chi connectivity index (χ3v) is 2.88. The fourth-order valence-electron chi connectivity index (χ4n) is 1.56. The summed E-state index contributed by atoms with van der Waals surface area (Å²) >= 11 is 0. The second-order valence-electron chi connectivity index (χ2n) is 3.46. The van der Waals surface area contributed by atoms with Crippen molar-refractivity contribution in [2.75, 3.05) is 20.4 Å². The molecule has 5 atom stereocenters. The van der Waals surface area contributed by atoms with E-state index in [0.717, 1.165) is 0 Å². The average Bonchev–Trinajstić information content (AvgIpc) is 2.33. The molecule has 1 aliphatic rings. The molecule has 6 heteroatoms. The van der Waals surface area contributed by atoms with E-state index in [-0.39, 0.29) is 24.1 Å². The number of ether oxygens (including phenoxy) is 2. The van der Waals surface area contributed by atoms with E-state index in [1.165, 1.54) is 6.66 Å². The molecule has 0 amide bonds. The molecule has 2 radical (unpaired) electrons. The van der Waals surface area contributed by atoms with Crippen molar-refractivity contribution in [2.45, 2.75) is 25.1 Å². The Labute approximate surface area is 86.6 Å². The zero-order valence-corrected chi connectivity index (χ0v) is 9.57. The normalized spacial score (nSPS) is 38.6. The Balaban J connectivity index is 2.60. The van der Waals surface area contributed by atoms with Crippen LogP contribution in [0.3, 0.4) is 0 Å². The van der Waals surface area contributed by atoms with E-state index >= 15 is 0 Å². The van der Waals surface area contributed by atoms with Gasteiger partial charge in [0.1, 0.15) is 20.1 Å². The molecule has 0 aromatic carbocycles. The minimum Gasteiger partial charge on any atom is -0.382 e. The first-order chi connectivity index (χ1) is 6.56. The monoisotopic (exact) mass is 217 g/mol. The van der Waals surface area contributed by atoms with Crippen LogP contribution < -0.4 is 0 Å². The number of methoxy groups -OCH3 is 1. The van der Waals surface area contributed by atoms with E-state index in [0.29, 0.717) is 6.61 Å². The predicted octanol–water partition coefficient (Wildman–Crippen LogP) is 0.920. The SMILES string of the molecule is [B]C1OC(COC)C(O[P+](C)=O)C1C. The van der Waals surface area contributed by atoms with Gasteiger partial charge >= 0.3 is 8.03 Å². The third-order valence-electron chi connectivity index (χ3n) is 2.34. The van der Waals surface area contributed by atoms with E-state index in [2.05, 4.69) is 0 Å². The Kier molecular flexibility index (Phi) is 4.52. The van der Waals surface area contributed by atoms with Crippen LogP contribution in [0.4, 0.5) is 0 Å². The van der Waals surface area contributed by atoms with E-state index < -0.39 is 8.03 Å². The lowest BCUT2D eigenvalue weighted by Crippen LogP contribution is -2.30. The first-order valence-corrected chi connectivity index (χ1v) is 6.16. The van der Waals surface area contributed by atoms with Crippen LogP contribution in [0.25, 0.3) is 0 Å². The quantitative estimate of drug-likeness (QED) is 0.518. The summed E-state index contributed by atoms with van der Waals surface area (Å²) in [5.41, 5.74) is 0. The summed E-state index contributed by atoms with van der Waals surface area (Å²) in [6.45, 7) is 3.85. The van der Waals surface area contributed by atoms with Gasteiger partial charge in [0.25, 0.3) is 0 Å². The molecule has 1 saturated heterocycles. The van der Waals surface area contributed by atoms with Crippen molar-refractivity contribution in [2.24, 2.45) is 5.92 Å². The molecule has 0 aliphatic carbocycles. The summed E-state index contributed by atoms with van der Waals surface area (Å²) in [5.74, 6) is 0.0362. The second-order valence-corrected chi connectivity index (χ2v) is 4.55. The molecular weight excluding hydrogens is 202 g/mol. The van der Waals surface area contributed by atoms with Gasteiger partial charge in [-0.15, -0.1) is 4.52 Å². The molecule has 1 rings (SSSR count). The lowest BCUT2D eigenvalue weighted by atomic mass is 9.86. The van der Waals surface area contributed by atoms with Gasteiger partial charge in [-0.3, -0.25) is 0 Å². The van der Waals surface area contributed by atoms with Gasteiger partial charge in [-0.05, 0) is 4.57 Å². The zero-order chi connectivity index (χ0) is 10.7. The van der Waals surface area contributed by atoms with Gasteiger partial charge in [-0.1, -0.05) is 6.92 Å². The fourth-order valence-corrected chi connectivity index (χ4v) is 2.23. The molecule has 1 fully saturated rings. The molecule has 14 heavy (non-hydrogen) atoms. The van der Waals surface area contributed by atoms with Crippen LogP contribution in [0.5, 0.6) is 0 Å². The van der Waals surface area contributed by atoms with E-state index in [1.807, 2.05) is 6.92 Å². The Morgan fingerprint density at radius 3 is 2.71 bits per heavy atom. The maximum absolute atomic E-state index is 11.0. The highest BCUT2D eigenvalue weighted by Gasteiger charge is 2.43. The topological polar surface area (TPSA) is 44.8 Å². The summed E-state index contributed by atoms with van der Waals surface area (Å²) in [4.78, 5) is 0. The van der Waals surface area contributed by atoms with Crippen molar-refractivity contribution >= 4 is 15.9 Å². The van der Waals surface area contributed by atoms with Gasteiger partial charge in [0.05, 0.1) is 6.61 Å². The van der Waals surface area contributed by atoms with Gasteiger partial charge in [-0.25, -0.2) is 0 Å². The van der Waals surface area contributed by atoms with Crippen molar-refractivity contribution in [3.8, 4) is 0 Å². The number of rotatable bonds is 4. The lowest BCUT2D eigenvalue weighted by molar-refractivity contribution is -0.00872. The minimum atomic E-state index is -1.64. The highest BCUT2D eigenvalue weighted by Crippen LogP contribution is 2.33. The molecule has 4 nitrogen and oxygen atoms in total. The van der Waals surface area contributed by atoms with Crippen molar-refractivity contribution < 1.29 is 18.6 Å². The Morgan fingerprint density at radius 2 is 2.21 bits per heavy atom. The zero-order valence-electron chi connectivity index (χ0n) is 8.67. The summed E-state index contributed by atoms with van der Waals surface area (Å²) in [5, 5.41) is 0. The molecule has 78 valence electrons. The average molecular weight is 217 g/mol. The smallest absolute Gasteiger partial charge is 0.382 e. The molecule has 0 N–H and O–H groups in total. The highest BCUT2D eigenvalue weighted by atomic mass is 31.1. The van der Waals surface area contributed by atoms with Crippen LogP contribution in [0.2, 0.25) is 0 Å². The first-order valence-electron chi connectivity index (χ1n) is 4.54. The van der Waals surface area contributed by atoms with Gasteiger partial charge in [0, 0.05) is 19.0 Å². The summed E-state index contributed by atoms with van der Waals surface area (Å²) < 4.78 is 26.7. The molecule has 0 spiro atoms. The maximum Gasteiger partial charge on any atom is 0.505 e. The molecule has 1 heterocycles. The van der Waals surface area contributed by atoms with Gasteiger partial charge < -0.3 is 9.47 Å². The highest BCUT2D eigenvalue weighted by molar-refractivity contribution is 7.38. The van der Waals surface area contributed by atoms with Crippen LogP contribution >= 0.6 is 8.03 Å². The molecule has 5 unspecified atom stereocenters. The third kappa shape index (κ3) is 2.77. The van der Waals surface area contributed by atoms with Gasteiger partial charge in [0.2, 0.25) is 0 Å². The van der Waals surface area contributed by atoms with Crippen molar-refractivity contribution in [1.82, 2.24) is 0 Å². The van der Waals surface area contributed by atoms with Gasteiger partial charge in [-0.2, -0.15) is 0 Å². The second kappa shape index (κ2) is 5.22. The number of hydrogen-bond donors (Lipinski definition) is 0. The van der Waals surface area contributed by atoms with Crippen LogP contribution in [-0.2, 0) is 18.6 Å². The number of hydrogen-bond acceptors (Lipinski definition) is 4. The Morgan fingerprint density at radius 1 is 1.57 bits per heavy atom. The fraction of sp³-hybridized carbons (Fsp3) is 1.00. The largest absolute Gasteiger partial charge is 0.505 e. The lowest BCUT2D eigenvalue weighted by Gasteiger charge is -2.14. The molecule has 0 bridgehead atoms. The van der Waals surface area contributed by atoms with Crippen molar-refractivity contribution in [3.05, 3.63) is 0 Å². The Bertz CT molecular complexity index is 214. The predicted molar refractivity (Wildman–Crippen MR) is 53.9 cm³/mol. The minimum absolute atomic E-state index is 0.0362. The maximum atomic E-state index is 11.0. The summed E-state index contributed by atoms with van der Waals surface area (Å²) in [6, 6.07) is -0.366. The van der Waals surface area contributed by atoms with Gasteiger partial charge in [0.15, 0.2) is 6.66 Å². The first kappa shape index (κ1) is 12.1. The molecule has 0 aromatic rings. The van der Waals surface area contributed by atoms with Crippen LogP contribution in [-0.4, -0.2) is 46.4 Å². The molecular formula is C8H15BO4P+. The summed E-state index contributed by atoms with van der Waals surface area (Å²) in [6.07, 6.45) is -0.456.